The molecule has 0 unspecified atom stereocenters. The minimum absolute atomic E-state index is 0.0178. The number of hydrogen-bond donors (Lipinski definition) is 3. The largest absolute Gasteiger partial charge is 0.394 e. The lowest BCUT2D eigenvalue weighted by Crippen LogP contribution is -2.41. The summed E-state index contributed by atoms with van der Waals surface area (Å²) in [5.74, 6) is 1.21. The molecule has 1 aliphatic heterocycles. The van der Waals surface area contributed by atoms with Crippen molar-refractivity contribution in [1.29, 1.82) is 5.26 Å². The molecule has 1 fully saturated rings. The molecule has 2 atom stereocenters. The number of anilines is 2. The van der Waals surface area contributed by atoms with Crippen LogP contribution in [0, 0.1) is 17.2 Å². The first-order chi connectivity index (χ1) is 12.0. The zero-order valence-electron chi connectivity index (χ0n) is 14.8. The third kappa shape index (κ3) is 5.29. The maximum atomic E-state index is 12.3. The van der Waals surface area contributed by atoms with E-state index in [0.717, 1.165) is 19.4 Å². The van der Waals surface area contributed by atoms with Crippen molar-refractivity contribution in [2.24, 2.45) is 5.92 Å². The summed E-state index contributed by atoms with van der Waals surface area (Å²) in [5.41, 5.74) is 0. The molecule has 1 saturated heterocycles. The molecular formula is C17H26N6O2. The van der Waals surface area contributed by atoms with Crippen molar-refractivity contribution < 1.29 is 9.90 Å². The van der Waals surface area contributed by atoms with Crippen LogP contribution in [0.15, 0.2) is 12.3 Å². The highest BCUT2D eigenvalue weighted by molar-refractivity contribution is 5.84. The van der Waals surface area contributed by atoms with Crippen LogP contribution in [0.5, 0.6) is 0 Å². The molecule has 1 aromatic heterocycles. The van der Waals surface area contributed by atoms with Crippen molar-refractivity contribution in [3.63, 3.8) is 0 Å². The van der Waals surface area contributed by atoms with Gasteiger partial charge in [0.1, 0.15) is 18.4 Å². The topological polar surface area (TPSA) is 114 Å². The lowest BCUT2D eigenvalue weighted by molar-refractivity contribution is -0.121. The molecule has 0 aliphatic carbocycles. The standard InChI is InChI=1S/C17H26N6O2/c1-12(2)10-14(16(25)19-8-6-18)21-15-5-7-20-17(22-15)23-9-3-4-13(23)11-24/h5,7,12-14,24H,3-4,8-11H2,1-2H3,(H,19,25)(H,20,21,22)/t13-,14+/m1/s1. The van der Waals surface area contributed by atoms with Crippen LogP contribution in [0.1, 0.15) is 33.1 Å². The summed E-state index contributed by atoms with van der Waals surface area (Å²) in [5, 5.41) is 23.9. The maximum Gasteiger partial charge on any atom is 0.243 e. The second kappa shape index (κ2) is 9.18. The first-order valence-corrected chi connectivity index (χ1v) is 8.67. The van der Waals surface area contributed by atoms with Gasteiger partial charge in [-0.05, 0) is 31.2 Å². The summed E-state index contributed by atoms with van der Waals surface area (Å²) in [4.78, 5) is 23.1. The first-order valence-electron chi connectivity index (χ1n) is 8.67. The van der Waals surface area contributed by atoms with Crippen LogP contribution >= 0.6 is 0 Å². The summed E-state index contributed by atoms with van der Waals surface area (Å²) in [6.07, 6.45) is 4.19. The number of nitrogens with one attached hydrogen (secondary N) is 2. The molecule has 136 valence electrons. The average Bonchev–Trinajstić information content (AvgIpc) is 3.07. The third-order valence-electron chi connectivity index (χ3n) is 4.18. The fourth-order valence-electron chi connectivity index (χ4n) is 2.99. The van der Waals surface area contributed by atoms with Crippen LogP contribution in [-0.4, -0.2) is 52.8 Å². The lowest BCUT2D eigenvalue weighted by atomic mass is 10.0. The molecule has 1 amide bonds. The van der Waals surface area contributed by atoms with Crippen LogP contribution in [0.3, 0.4) is 0 Å². The van der Waals surface area contributed by atoms with Crippen LogP contribution in [0.2, 0.25) is 0 Å². The number of hydrogen-bond acceptors (Lipinski definition) is 7. The fraction of sp³-hybridized carbons (Fsp3) is 0.647. The number of aromatic nitrogens is 2. The fourth-order valence-corrected chi connectivity index (χ4v) is 2.99. The number of carbonyl (C=O) groups is 1. The van der Waals surface area contributed by atoms with Crippen molar-refractivity contribution >= 4 is 17.7 Å². The number of nitrogens with zero attached hydrogens (tertiary/aromatic N) is 4. The minimum Gasteiger partial charge on any atom is -0.394 e. The number of nitriles is 1. The zero-order chi connectivity index (χ0) is 18.2. The van der Waals surface area contributed by atoms with E-state index in [1.807, 2.05) is 24.8 Å². The molecular weight excluding hydrogens is 320 g/mol. The van der Waals surface area contributed by atoms with Gasteiger partial charge in [-0.15, -0.1) is 0 Å². The van der Waals surface area contributed by atoms with Crippen molar-refractivity contribution in [3.8, 4) is 6.07 Å². The number of carbonyl (C=O) groups excluding carboxylic acids is 1. The van der Waals surface area contributed by atoms with Gasteiger partial charge < -0.3 is 20.6 Å². The van der Waals surface area contributed by atoms with Gasteiger partial charge in [-0.3, -0.25) is 4.79 Å². The van der Waals surface area contributed by atoms with Gasteiger partial charge >= 0.3 is 0 Å². The summed E-state index contributed by atoms with van der Waals surface area (Å²) >= 11 is 0. The highest BCUT2D eigenvalue weighted by Crippen LogP contribution is 2.23. The second-order valence-electron chi connectivity index (χ2n) is 6.62. The zero-order valence-corrected chi connectivity index (χ0v) is 14.8. The lowest BCUT2D eigenvalue weighted by Gasteiger charge is -2.24. The Labute approximate surface area is 148 Å². The van der Waals surface area contributed by atoms with E-state index in [2.05, 4.69) is 20.6 Å². The Balaban J connectivity index is 2.12. The van der Waals surface area contributed by atoms with E-state index < -0.39 is 6.04 Å². The Morgan fingerprint density at radius 2 is 2.36 bits per heavy atom. The first kappa shape index (κ1) is 18.9. The smallest absolute Gasteiger partial charge is 0.243 e. The van der Waals surface area contributed by atoms with E-state index in [9.17, 15) is 9.90 Å². The normalized spacial score (nSPS) is 18.0. The van der Waals surface area contributed by atoms with Gasteiger partial charge in [0, 0.05) is 12.7 Å². The Hall–Kier alpha value is -2.40. The van der Waals surface area contributed by atoms with E-state index in [-0.39, 0.29) is 25.1 Å². The molecule has 8 heteroatoms. The highest BCUT2D eigenvalue weighted by atomic mass is 16.3. The summed E-state index contributed by atoms with van der Waals surface area (Å²) < 4.78 is 0. The maximum absolute atomic E-state index is 12.3. The molecule has 0 saturated carbocycles. The molecule has 0 aromatic carbocycles. The minimum atomic E-state index is -0.469. The van der Waals surface area contributed by atoms with Gasteiger partial charge in [-0.2, -0.15) is 10.2 Å². The Morgan fingerprint density at radius 1 is 1.56 bits per heavy atom. The molecule has 1 aliphatic rings. The van der Waals surface area contributed by atoms with Gasteiger partial charge in [0.15, 0.2) is 0 Å². The van der Waals surface area contributed by atoms with E-state index in [1.54, 1.807) is 12.3 Å². The molecule has 2 heterocycles. The van der Waals surface area contributed by atoms with Gasteiger partial charge in [0.05, 0.1) is 18.7 Å². The van der Waals surface area contributed by atoms with Crippen LogP contribution < -0.4 is 15.5 Å². The molecule has 0 radical (unpaired) electrons. The Bertz CT molecular complexity index is 615. The van der Waals surface area contributed by atoms with Crippen molar-refractivity contribution in [3.05, 3.63) is 12.3 Å². The van der Waals surface area contributed by atoms with E-state index >= 15 is 0 Å². The van der Waals surface area contributed by atoms with Gasteiger partial charge in [0.2, 0.25) is 11.9 Å². The monoisotopic (exact) mass is 346 g/mol. The summed E-state index contributed by atoms with van der Waals surface area (Å²) in [6, 6.07) is 3.21. The predicted octanol–water partition coefficient (Wildman–Crippen LogP) is 0.904. The van der Waals surface area contributed by atoms with E-state index in [0.29, 0.717) is 24.1 Å². The number of aliphatic hydroxyl groups is 1. The summed E-state index contributed by atoms with van der Waals surface area (Å²) in [6.45, 7) is 4.94. The Morgan fingerprint density at radius 3 is 3.04 bits per heavy atom. The van der Waals surface area contributed by atoms with Crippen molar-refractivity contribution in [2.45, 2.75) is 45.2 Å². The van der Waals surface area contributed by atoms with Crippen LogP contribution in [0.25, 0.3) is 0 Å². The van der Waals surface area contributed by atoms with Crippen LogP contribution in [-0.2, 0) is 4.79 Å². The van der Waals surface area contributed by atoms with Gasteiger partial charge in [-0.1, -0.05) is 13.8 Å². The SMILES string of the molecule is CC(C)C[C@H](Nc1ccnc(N2CCC[C@@H]2CO)n1)C(=O)NCC#N. The van der Waals surface area contributed by atoms with E-state index in [1.165, 1.54) is 0 Å². The number of aliphatic hydroxyl groups excluding tert-OH is 1. The van der Waals surface area contributed by atoms with Gasteiger partial charge in [0.25, 0.3) is 0 Å². The Kier molecular flexibility index (Phi) is 6.95. The average molecular weight is 346 g/mol. The molecule has 2 rings (SSSR count). The molecule has 25 heavy (non-hydrogen) atoms. The molecule has 1 aromatic rings. The molecule has 0 bridgehead atoms. The molecule has 0 spiro atoms. The van der Waals surface area contributed by atoms with Crippen LogP contribution in [0.4, 0.5) is 11.8 Å². The molecule has 8 nitrogen and oxygen atoms in total. The van der Waals surface area contributed by atoms with Crippen molar-refractivity contribution in [2.75, 3.05) is 29.9 Å². The number of rotatable bonds is 8. The van der Waals surface area contributed by atoms with Gasteiger partial charge in [-0.25, -0.2) is 4.98 Å². The predicted molar refractivity (Wildman–Crippen MR) is 95.0 cm³/mol. The highest BCUT2D eigenvalue weighted by Gasteiger charge is 2.26. The third-order valence-corrected chi connectivity index (χ3v) is 4.18. The quantitative estimate of drug-likeness (QED) is 0.599. The second-order valence-corrected chi connectivity index (χ2v) is 6.62. The number of amides is 1. The van der Waals surface area contributed by atoms with E-state index in [4.69, 9.17) is 5.26 Å². The molecule has 3 N–H and O–H groups in total. The summed E-state index contributed by atoms with van der Waals surface area (Å²) in [7, 11) is 0. The van der Waals surface area contributed by atoms with Crippen molar-refractivity contribution in [1.82, 2.24) is 15.3 Å².